The van der Waals surface area contributed by atoms with E-state index in [4.69, 9.17) is 4.74 Å². The molecule has 0 saturated heterocycles. The largest absolute Gasteiger partial charge is 0.426 e. The lowest BCUT2D eigenvalue weighted by Gasteiger charge is -2.04. The van der Waals surface area contributed by atoms with Crippen LogP contribution in [0.4, 0.5) is 0 Å². The summed E-state index contributed by atoms with van der Waals surface area (Å²) in [5.74, 6) is 0.432. The molecule has 0 aliphatic carbocycles. The van der Waals surface area contributed by atoms with Crippen molar-refractivity contribution in [3.05, 3.63) is 42.5 Å². The normalized spacial score (nSPS) is 11.3. The van der Waals surface area contributed by atoms with Crippen LogP contribution in [-0.4, -0.2) is 5.97 Å². The number of hydrogen-bond donors (Lipinski definition) is 0. The number of carbonyl (C=O) groups is 1. The molecule has 0 spiro atoms. The van der Waals surface area contributed by atoms with Crippen molar-refractivity contribution in [1.29, 1.82) is 0 Å². The van der Waals surface area contributed by atoms with Crippen molar-refractivity contribution in [1.82, 2.24) is 0 Å². The van der Waals surface area contributed by atoms with Crippen molar-refractivity contribution in [2.24, 2.45) is 0 Å². The maximum Gasteiger partial charge on any atom is 0.315 e. The molecule has 0 unspecified atom stereocenters. The zero-order valence-electron chi connectivity index (χ0n) is 23.1. The van der Waals surface area contributed by atoms with Crippen molar-refractivity contribution >= 4 is 5.97 Å². The molecule has 2 nitrogen and oxygen atoms in total. The van der Waals surface area contributed by atoms with E-state index in [1.165, 1.54) is 135 Å². The Morgan fingerprint density at radius 3 is 1.40 bits per heavy atom. The van der Waals surface area contributed by atoms with E-state index in [0.717, 1.165) is 6.42 Å². The van der Waals surface area contributed by atoms with Crippen molar-refractivity contribution in [3.63, 3.8) is 0 Å². The number of esters is 1. The highest BCUT2D eigenvalue weighted by Gasteiger charge is 2.01. The number of allylic oxidation sites excluding steroid dienone is 1. The summed E-state index contributed by atoms with van der Waals surface area (Å²) >= 11 is 0. The summed E-state index contributed by atoms with van der Waals surface area (Å²) in [5.41, 5.74) is 0. The summed E-state index contributed by atoms with van der Waals surface area (Å²) in [7, 11) is 0. The Balaban J connectivity index is 1.72. The quantitative estimate of drug-likeness (QED) is 0.0597. The van der Waals surface area contributed by atoms with E-state index < -0.39 is 0 Å². The lowest BCUT2D eigenvalue weighted by atomic mass is 10.0. The van der Waals surface area contributed by atoms with Gasteiger partial charge in [-0.1, -0.05) is 166 Å². The molecule has 0 heterocycles. The Hall–Kier alpha value is -1.57. The Morgan fingerprint density at radius 2 is 0.971 bits per heavy atom. The van der Waals surface area contributed by atoms with Crippen LogP contribution in [0.1, 0.15) is 155 Å². The highest BCUT2D eigenvalue weighted by molar-refractivity contribution is 5.73. The van der Waals surface area contributed by atoms with Gasteiger partial charge in [0, 0.05) is 0 Å². The van der Waals surface area contributed by atoms with E-state index >= 15 is 0 Å². The second-order valence-corrected chi connectivity index (χ2v) is 10.3. The summed E-state index contributed by atoms with van der Waals surface area (Å²) in [5, 5.41) is 0. The Labute approximate surface area is 218 Å². The molecular weight excluding hydrogens is 428 g/mol. The van der Waals surface area contributed by atoms with Crippen LogP contribution in [0, 0.1) is 0 Å². The summed E-state index contributed by atoms with van der Waals surface area (Å²) in [6, 6.07) is 9.28. The predicted octanol–water partition coefficient (Wildman–Crippen LogP) is 11.1. The van der Waals surface area contributed by atoms with Crippen LogP contribution in [0.3, 0.4) is 0 Å². The molecule has 35 heavy (non-hydrogen) atoms. The summed E-state index contributed by atoms with van der Waals surface area (Å²) in [6.45, 7) is 2.29. The fourth-order valence-electron chi connectivity index (χ4n) is 4.65. The Morgan fingerprint density at radius 1 is 0.571 bits per heavy atom. The smallest absolute Gasteiger partial charge is 0.315 e. The highest BCUT2D eigenvalue weighted by atomic mass is 16.5. The zero-order chi connectivity index (χ0) is 25.1. The molecule has 2 heteroatoms. The first-order valence-corrected chi connectivity index (χ1v) is 15.2. The average molecular weight is 485 g/mol. The highest BCUT2D eigenvalue weighted by Crippen LogP contribution is 2.15. The topological polar surface area (TPSA) is 26.3 Å². The third-order valence-electron chi connectivity index (χ3n) is 6.90. The Kier molecular flexibility index (Phi) is 22.9. The maximum absolute atomic E-state index is 11.8. The number of hydrogen-bond acceptors (Lipinski definition) is 2. The van der Waals surface area contributed by atoms with Gasteiger partial charge in [0.1, 0.15) is 5.75 Å². The Bertz CT molecular complexity index is 592. The standard InChI is InChI=1S/C33H56O2/c1-2-3-4-5-6-7-8-9-10-11-12-13-14-15-16-17-18-19-20-21-22-23-24-28-31-33(34)35-32-29-26-25-27-30-32/h24-30H,2-23,31H2,1H3. The first-order valence-electron chi connectivity index (χ1n) is 15.2. The molecule has 0 radical (unpaired) electrons. The predicted molar refractivity (Wildman–Crippen MR) is 153 cm³/mol. The molecule has 0 aliphatic rings. The molecule has 0 N–H and O–H groups in total. The fraction of sp³-hybridized carbons (Fsp3) is 0.727. The molecule has 0 atom stereocenters. The third kappa shape index (κ3) is 22.6. The minimum absolute atomic E-state index is 0.189. The third-order valence-corrected chi connectivity index (χ3v) is 6.90. The average Bonchev–Trinajstić information content (AvgIpc) is 2.87. The van der Waals surface area contributed by atoms with E-state index in [0.29, 0.717) is 12.2 Å². The lowest BCUT2D eigenvalue weighted by molar-refractivity contribution is -0.133. The number of rotatable bonds is 25. The fourth-order valence-corrected chi connectivity index (χ4v) is 4.65. The maximum atomic E-state index is 11.8. The van der Waals surface area contributed by atoms with E-state index in [1.807, 2.05) is 36.4 Å². The molecule has 0 amide bonds. The van der Waals surface area contributed by atoms with Gasteiger partial charge in [-0.3, -0.25) is 4.79 Å². The summed E-state index contributed by atoms with van der Waals surface area (Å²) < 4.78 is 5.28. The van der Waals surface area contributed by atoms with E-state index in [9.17, 15) is 4.79 Å². The SMILES string of the molecule is CCCCCCCCCCCCCCCCCCCCCCCC=CCC(=O)Oc1ccccc1. The van der Waals surface area contributed by atoms with Gasteiger partial charge in [-0.05, 0) is 25.0 Å². The van der Waals surface area contributed by atoms with Crippen molar-refractivity contribution in [2.45, 2.75) is 155 Å². The number of para-hydroxylation sites is 1. The van der Waals surface area contributed by atoms with Crippen molar-refractivity contribution in [2.75, 3.05) is 0 Å². The first-order chi connectivity index (χ1) is 17.3. The minimum atomic E-state index is -0.189. The summed E-state index contributed by atoms with van der Waals surface area (Å²) in [6.07, 6.45) is 35.3. The molecule has 0 aromatic heterocycles. The zero-order valence-corrected chi connectivity index (χ0v) is 23.1. The second-order valence-electron chi connectivity index (χ2n) is 10.3. The molecule has 0 fully saturated rings. The molecule has 0 saturated carbocycles. The monoisotopic (exact) mass is 484 g/mol. The van der Waals surface area contributed by atoms with Crippen LogP contribution < -0.4 is 4.74 Å². The lowest BCUT2D eigenvalue weighted by Crippen LogP contribution is -2.05. The van der Waals surface area contributed by atoms with Crippen LogP contribution in [-0.2, 0) is 4.79 Å². The number of ether oxygens (including phenoxy) is 1. The van der Waals surface area contributed by atoms with E-state index in [1.54, 1.807) is 0 Å². The number of benzene rings is 1. The minimum Gasteiger partial charge on any atom is -0.426 e. The molecule has 200 valence electrons. The van der Waals surface area contributed by atoms with Crippen LogP contribution in [0.5, 0.6) is 5.75 Å². The van der Waals surface area contributed by atoms with Gasteiger partial charge in [-0.15, -0.1) is 0 Å². The van der Waals surface area contributed by atoms with Crippen LogP contribution >= 0.6 is 0 Å². The van der Waals surface area contributed by atoms with Crippen molar-refractivity contribution < 1.29 is 9.53 Å². The van der Waals surface area contributed by atoms with E-state index in [2.05, 4.69) is 13.0 Å². The van der Waals surface area contributed by atoms with Crippen LogP contribution in [0.15, 0.2) is 42.5 Å². The molecule has 0 aliphatic heterocycles. The summed E-state index contributed by atoms with van der Waals surface area (Å²) in [4.78, 5) is 11.8. The molecule has 1 aromatic carbocycles. The van der Waals surface area contributed by atoms with E-state index in [-0.39, 0.29) is 5.97 Å². The molecule has 1 aromatic rings. The number of unbranched alkanes of at least 4 members (excludes halogenated alkanes) is 21. The molecular formula is C33H56O2. The second kappa shape index (κ2) is 25.5. The van der Waals surface area contributed by atoms with Crippen LogP contribution in [0.2, 0.25) is 0 Å². The van der Waals surface area contributed by atoms with Gasteiger partial charge in [-0.25, -0.2) is 0 Å². The van der Waals surface area contributed by atoms with Crippen LogP contribution in [0.25, 0.3) is 0 Å². The van der Waals surface area contributed by atoms with Crippen molar-refractivity contribution in [3.8, 4) is 5.75 Å². The first kappa shape index (κ1) is 31.5. The molecule has 0 bridgehead atoms. The van der Waals surface area contributed by atoms with Gasteiger partial charge in [0.25, 0.3) is 0 Å². The number of carbonyl (C=O) groups excluding carboxylic acids is 1. The molecule has 1 rings (SSSR count). The van der Waals surface area contributed by atoms with Gasteiger partial charge in [0.2, 0.25) is 0 Å². The van der Waals surface area contributed by atoms with Gasteiger partial charge in [-0.2, -0.15) is 0 Å². The van der Waals surface area contributed by atoms with Gasteiger partial charge in [0.15, 0.2) is 0 Å². The van der Waals surface area contributed by atoms with Gasteiger partial charge < -0.3 is 4.74 Å². The van der Waals surface area contributed by atoms with Gasteiger partial charge in [0.05, 0.1) is 6.42 Å². The van der Waals surface area contributed by atoms with Gasteiger partial charge >= 0.3 is 5.97 Å².